The summed E-state index contributed by atoms with van der Waals surface area (Å²) in [4.78, 5) is 0. The average Bonchev–Trinajstić information content (AvgIpc) is 2.93. The molecule has 0 fully saturated rings. The zero-order chi connectivity index (χ0) is 15.0. The number of phenolic OH excluding ortho intramolecular Hbond substituents is 2. The Morgan fingerprint density at radius 1 is 0.952 bits per heavy atom. The maximum atomic E-state index is 9.70. The quantitative estimate of drug-likeness (QED) is 0.652. The van der Waals surface area contributed by atoms with Crippen LogP contribution in [0.15, 0.2) is 30.3 Å². The van der Waals surface area contributed by atoms with Crippen molar-refractivity contribution in [3.05, 3.63) is 58.1 Å². The van der Waals surface area contributed by atoms with Gasteiger partial charge in [-0.3, -0.25) is 0 Å². The highest BCUT2D eigenvalue weighted by atomic mass is 16.3. The molecule has 1 aliphatic carbocycles. The van der Waals surface area contributed by atoms with E-state index in [2.05, 4.69) is 0 Å². The number of benzene rings is 2. The molecular weight excluding hydrogens is 268 g/mol. The molecule has 0 amide bonds. The van der Waals surface area contributed by atoms with Crippen molar-refractivity contribution in [3.8, 4) is 11.5 Å². The van der Waals surface area contributed by atoms with Crippen molar-refractivity contribution in [3.63, 3.8) is 0 Å². The van der Waals surface area contributed by atoms with Gasteiger partial charge in [-0.05, 0) is 52.8 Å². The van der Waals surface area contributed by atoms with Crippen molar-refractivity contribution >= 4 is 0 Å². The van der Waals surface area contributed by atoms with Gasteiger partial charge in [0.2, 0.25) is 0 Å². The van der Waals surface area contributed by atoms with Crippen LogP contribution in [0.3, 0.4) is 0 Å². The van der Waals surface area contributed by atoms with Gasteiger partial charge in [0.25, 0.3) is 0 Å². The number of fused-ring (bicyclic) bond motifs is 1. The van der Waals surface area contributed by atoms with Gasteiger partial charge in [-0.15, -0.1) is 0 Å². The van der Waals surface area contributed by atoms with Gasteiger partial charge in [0.1, 0.15) is 0 Å². The Morgan fingerprint density at radius 2 is 1.76 bits per heavy atom. The summed E-state index contributed by atoms with van der Waals surface area (Å²) in [5, 5.41) is 38.2. The molecule has 4 heteroatoms. The van der Waals surface area contributed by atoms with Crippen LogP contribution in [0.1, 0.15) is 40.2 Å². The minimum Gasteiger partial charge on any atom is -0.504 e. The van der Waals surface area contributed by atoms with Crippen LogP contribution in [-0.4, -0.2) is 20.4 Å². The zero-order valence-corrected chi connectivity index (χ0v) is 11.6. The second-order valence-corrected chi connectivity index (χ2v) is 5.43. The first-order chi connectivity index (χ1) is 10.2. The van der Waals surface area contributed by atoms with Crippen LogP contribution in [0, 0.1) is 0 Å². The van der Waals surface area contributed by atoms with Crippen LogP contribution in [0.4, 0.5) is 0 Å². The molecule has 2 aromatic carbocycles. The fraction of sp³-hybridized carbons (Fsp3) is 0.294. The Morgan fingerprint density at radius 3 is 2.43 bits per heavy atom. The van der Waals surface area contributed by atoms with E-state index in [1.54, 1.807) is 12.1 Å². The lowest BCUT2D eigenvalue weighted by molar-refractivity contribution is 0.259. The summed E-state index contributed by atoms with van der Waals surface area (Å²) in [6.45, 7) is -0.212. The first-order valence-corrected chi connectivity index (χ1v) is 7.02. The van der Waals surface area contributed by atoms with E-state index in [0.29, 0.717) is 0 Å². The fourth-order valence-electron chi connectivity index (χ4n) is 3.28. The van der Waals surface area contributed by atoms with Gasteiger partial charge in [0.05, 0.1) is 13.2 Å². The van der Waals surface area contributed by atoms with Crippen LogP contribution in [0.5, 0.6) is 11.5 Å². The third kappa shape index (κ3) is 2.26. The normalized spacial score (nSPS) is 17.0. The first-order valence-electron chi connectivity index (χ1n) is 7.02. The Balaban J connectivity index is 2.12. The third-order valence-electron chi connectivity index (χ3n) is 4.33. The number of rotatable bonds is 3. The van der Waals surface area contributed by atoms with Gasteiger partial charge >= 0.3 is 0 Å². The van der Waals surface area contributed by atoms with E-state index in [1.165, 1.54) is 11.6 Å². The lowest BCUT2D eigenvalue weighted by Gasteiger charge is -2.18. The predicted molar refractivity (Wildman–Crippen MR) is 78.2 cm³/mol. The molecule has 2 aromatic rings. The summed E-state index contributed by atoms with van der Waals surface area (Å²) in [5.41, 5.74) is 4.66. The fourth-order valence-corrected chi connectivity index (χ4v) is 3.28. The standard InChI is InChI=1S/C17H18O4/c18-8-12-2-1-10-3-5-13(17(10)14(12)9-19)11-4-6-15(20)16(21)7-11/h1-2,4,6-7,13,18-21H,3,5,8-9H2. The number of hydrogen-bond acceptors (Lipinski definition) is 4. The van der Waals surface area contributed by atoms with E-state index in [0.717, 1.165) is 35.1 Å². The Kier molecular flexibility index (Phi) is 3.57. The molecular formula is C17H18O4. The molecule has 1 aliphatic rings. The lowest BCUT2D eigenvalue weighted by Crippen LogP contribution is -2.05. The molecule has 4 nitrogen and oxygen atoms in total. The topological polar surface area (TPSA) is 80.9 Å². The van der Waals surface area contributed by atoms with Crippen molar-refractivity contribution in [1.29, 1.82) is 0 Å². The summed E-state index contributed by atoms with van der Waals surface area (Å²) < 4.78 is 0. The third-order valence-corrected chi connectivity index (χ3v) is 4.33. The number of aliphatic hydroxyl groups is 2. The van der Waals surface area contributed by atoms with Crippen molar-refractivity contribution in [2.45, 2.75) is 32.0 Å². The van der Waals surface area contributed by atoms with Crippen molar-refractivity contribution in [1.82, 2.24) is 0 Å². The molecule has 21 heavy (non-hydrogen) atoms. The van der Waals surface area contributed by atoms with Crippen molar-refractivity contribution < 1.29 is 20.4 Å². The summed E-state index contributed by atoms with van der Waals surface area (Å²) in [5.74, 6) is -0.201. The van der Waals surface area contributed by atoms with Gasteiger partial charge in [-0.1, -0.05) is 18.2 Å². The molecule has 0 aromatic heterocycles. The number of phenols is 2. The summed E-state index contributed by atoms with van der Waals surface area (Å²) >= 11 is 0. The van der Waals surface area contributed by atoms with E-state index >= 15 is 0 Å². The monoisotopic (exact) mass is 286 g/mol. The summed E-state index contributed by atoms with van der Waals surface area (Å²) in [7, 11) is 0. The number of aryl methyl sites for hydroxylation is 1. The molecule has 4 N–H and O–H groups in total. The van der Waals surface area contributed by atoms with Crippen LogP contribution in [-0.2, 0) is 19.6 Å². The Hall–Kier alpha value is -2.04. The lowest BCUT2D eigenvalue weighted by atomic mass is 9.87. The van der Waals surface area contributed by atoms with Gasteiger partial charge in [-0.25, -0.2) is 0 Å². The van der Waals surface area contributed by atoms with E-state index in [9.17, 15) is 20.4 Å². The van der Waals surface area contributed by atoms with Gasteiger partial charge in [-0.2, -0.15) is 0 Å². The average molecular weight is 286 g/mol. The van der Waals surface area contributed by atoms with Crippen LogP contribution in [0.2, 0.25) is 0 Å². The molecule has 0 saturated carbocycles. The maximum Gasteiger partial charge on any atom is 0.157 e. The highest BCUT2D eigenvalue weighted by molar-refractivity contribution is 5.52. The number of hydrogen-bond donors (Lipinski definition) is 4. The molecule has 0 radical (unpaired) electrons. The smallest absolute Gasteiger partial charge is 0.157 e. The molecule has 0 spiro atoms. The molecule has 1 atom stereocenters. The van der Waals surface area contributed by atoms with Crippen molar-refractivity contribution in [2.24, 2.45) is 0 Å². The van der Waals surface area contributed by atoms with Crippen LogP contribution >= 0.6 is 0 Å². The minimum atomic E-state index is -0.136. The van der Waals surface area contributed by atoms with E-state index in [1.807, 2.05) is 12.1 Å². The summed E-state index contributed by atoms with van der Waals surface area (Å²) in [6, 6.07) is 8.71. The molecule has 0 aliphatic heterocycles. The Labute approximate surface area is 122 Å². The molecule has 0 bridgehead atoms. The molecule has 0 heterocycles. The first kappa shape index (κ1) is 13.9. The van der Waals surface area contributed by atoms with Crippen molar-refractivity contribution in [2.75, 3.05) is 0 Å². The van der Waals surface area contributed by atoms with Crippen LogP contribution < -0.4 is 0 Å². The van der Waals surface area contributed by atoms with Gasteiger partial charge in [0, 0.05) is 5.92 Å². The summed E-state index contributed by atoms with van der Waals surface area (Å²) in [6.07, 6.45) is 1.79. The highest BCUT2D eigenvalue weighted by Gasteiger charge is 2.28. The maximum absolute atomic E-state index is 9.70. The SMILES string of the molecule is OCc1ccc2c(c1CO)C(c1ccc(O)c(O)c1)CC2. The Bertz CT molecular complexity index is 679. The second-order valence-electron chi connectivity index (χ2n) is 5.43. The van der Waals surface area contributed by atoms with Crippen LogP contribution in [0.25, 0.3) is 0 Å². The second kappa shape index (κ2) is 5.39. The van der Waals surface area contributed by atoms with E-state index < -0.39 is 0 Å². The minimum absolute atomic E-state index is 0.0696. The molecule has 1 unspecified atom stereocenters. The number of aromatic hydroxyl groups is 2. The number of aliphatic hydroxyl groups excluding tert-OH is 2. The van der Waals surface area contributed by atoms with E-state index in [-0.39, 0.29) is 30.6 Å². The largest absolute Gasteiger partial charge is 0.504 e. The van der Waals surface area contributed by atoms with E-state index in [4.69, 9.17) is 0 Å². The van der Waals surface area contributed by atoms with Gasteiger partial charge < -0.3 is 20.4 Å². The van der Waals surface area contributed by atoms with Gasteiger partial charge in [0.15, 0.2) is 11.5 Å². The highest BCUT2D eigenvalue weighted by Crippen LogP contribution is 2.43. The molecule has 3 rings (SSSR count). The molecule has 110 valence electrons. The zero-order valence-electron chi connectivity index (χ0n) is 11.6. The molecule has 0 saturated heterocycles. The predicted octanol–water partition coefficient (Wildman–Crippen LogP) is 2.16.